The molecule has 126 valence electrons. The predicted molar refractivity (Wildman–Crippen MR) is 92.0 cm³/mol. The van der Waals surface area contributed by atoms with Gasteiger partial charge in [-0.05, 0) is 57.4 Å². The zero-order valence-corrected chi connectivity index (χ0v) is 14.5. The van der Waals surface area contributed by atoms with E-state index in [-0.39, 0.29) is 17.6 Å². The number of nitrogens with two attached hydrogens (primary N) is 1. The molecule has 0 aromatic rings. The van der Waals surface area contributed by atoms with Gasteiger partial charge in [0.25, 0.3) is 0 Å². The van der Waals surface area contributed by atoms with Crippen LogP contribution in [0.4, 0.5) is 4.79 Å². The zero-order valence-electron chi connectivity index (χ0n) is 14.5. The highest BCUT2D eigenvalue weighted by Gasteiger charge is 2.46. The number of likely N-dealkylation sites (tertiary alicyclic amines) is 1. The van der Waals surface area contributed by atoms with Crippen LogP contribution in [0.1, 0.15) is 46.5 Å². The summed E-state index contributed by atoms with van der Waals surface area (Å²) in [5, 5.41) is 0. The van der Waals surface area contributed by atoms with Gasteiger partial charge in [-0.2, -0.15) is 0 Å². The molecule has 2 aliphatic carbocycles. The van der Waals surface area contributed by atoms with Gasteiger partial charge < -0.3 is 15.4 Å². The average molecular weight is 316 g/mol. The molecule has 0 aromatic heterocycles. The van der Waals surface area contributed by atoms with Crippen molar-refractivity contribution in [1.29, 1.82) is 0 Å². The highest BCUT2D eigenvalue weighted by Crippen LogP contribution is 2.51. The van der Waals surface area contributed by atoms with Gasteiger partial charge in [0.05, 0.1) is 0 Å². The van der Waals surface area contributed by atoms with Crippen molar-refractivity contribution in [3.05, 3.63) is 35.5 Å². The third-order valence-corrected chi connectivity index (χ3v) is 5.22. The Bertz CT molecular complexity index is 573. The van der Waals surface area contributed by atoms with E-state index in [9.17, 15) is 4.79 Å². The molecule has 0 aromatic carbocycles. The Morgan fingerprint density at radius 1 is 1.30 bits per heavy atom. The summed E-state index contributed by atoms with van der Waals surface area (Å²) in [4.78, 5) is 14.1. The van der Waals surface area contributed by atoms with Crippen LogP contribution in [0.25, 0.3) is 0 Å². The van der Waals surface area contributed by atoms with E-state index in [4.69, 9.17) is 10.5 Å². The summed E-state index contributed by atoms with van der Waals surface area (Å²) in [6.45, 7) is 7.24. The number of hydrogen-bond acceptors (Lipinski definition) is 3. The number of fused-ring (bicyclic) bond motifs is 1. The first-order valence-electron chi connectivity index (χ1n) is 8.61. The Balaban J connectivity index is 1.71. The number of ether oxygens (including phenoxy) is 1. The molecule has 0 bridgehead atoms. The fourth-order valence-corrected chi connectivity index (χ4v) is 4.12. The lowest BCUT2D eigenvalue weighted by Gasteiger charge is -2.41. The van der Waals surface area contributed by atoms with Crippen LogP contribution < -0.4 is 5.73 Å². The fourth-order valence-electron chi connectivity index (χ4n) is 4.12. The molecule has 3 rings (SSSR count). The van der Waals surface area contributed by atoms with Crippen LogP contribution in [-0.4, -0.2) is 35.7 Å². The molecule has 2 N–H and O–H groups in total. The molecule has 0 radical (unpaired) electrons. The van der Waals surface area contributed by atoms with Crippen molar-refractivity contribution < 1.29 is 9.53 Å². The molecule has 23 heavy (non-hydrogen) atoms. The highest BCUT2D eigenvalue weighted by atomic mass is 16.6. The van der Waals surface area contributed by atoms with Gasteiger partial charge in [-0.15, -0.1) is 0 Å². The number of carbonyl (C=O) groups is 1. The molecule has 1 spiro atoms. The molecule has 1 heterocycles. The molecule has 0 saturated carbocycles. The monoisotopic (exact) mass is 316 g/mol. The minimum Gasteiger partial charge on any atom is -0.444 e. The first-order chi connectivity index (χ1) is 10.8. The minimum atomic E-state index is -0.436. The number of rotatable bonds is 0. The maximum absolute atomic E-state index is 12.3. The Kier molecular flexibility index (Phi) is 4.13. The summed E-state index contributed by atoms with van der Waals surface area (Å²) >= 11 is 0. The van der Waals surface area contributed by atoms with Gasteiger partial charge in [0.1, 0.15) is 5.60 Å². The second kappa shape index (κ2) is 5.82. The summed E-state index contributed by atoms with van der Waals surface area (Å²) in [7, 11) is 0. The molecule has 1 saturated heterocycles. The molecule has 1 unspecified atom stereocenters. The first kappa shape index (κ1) is 16.3. The van der Waals surface area contributed by atoms with Gasteiger partial charge in [0.2, 0.25) is 0 Å². The molecule has 1 aliphatic heterocycles. The normalized spacial score (nSPS) is 26.4. The molecule has 3 aliphatic rings. The maximum atomic E-state index is 12.3. The van der Waals surface area contributed by atoms with Crippen molar-refractivity contribution in [1.82, 2.24) is 4.90 Å². The SMILES string of the molecule is CC(C)(C)OC(=O)N1CCC2(CC1)CC(N)C1=C2CC=CC=C1. The van der Waals surface area contributed by atoms with Crippen LogP contribution in [0.2, 0.25) is 0 Å². The third kappa shape index (κ3) is 3.23. The topological polar surface area (TPSA) is 55.6 Å². The minimum absolute atomic E-state index is 0.134. The summed E-state index contributed by atoms with van der Waals surface area (Å²) < 4.78 is 5.50. The van der Waals surface area contributed by atoms with Gasteiger partial charge in [0.15, 0.2) is 0 Å². The van der Waals surface area contributed by atoms with E-state index < -0.39 is 5.60 Å². The van der Waals surface area contributed by atoms with Crippen LogP contribution in [0.5, 0.6) is 0 Å². The quantitative estimate of drug-likeness (QED) is 0.743. The first-order valence-corrected chi connectivity index (χ1v) is 8.61. The fraction of sp³-hybridized carbons (Fsp3) is 0.632. The van der Waals surface area contributed by atoms with Crippen LogP contribution in [0.15, 0.2) is 35.5 Å². The van der Waals surface area contributed by atoms with Gasteiger partial charge in [-0.25, -0.2) is 4.79 Å². The summed E-state index contributed by atoms with van der Waals surface area (Å²) in [6.07, 6.45) is 12.4. The Hall–Kier alpha value is -1.55. The summed E-state index contributed by atoms with van der Waals surface area (Å²) in [5.41, 5.74) is 8.96. The summed E-state index contributed by atoms with van der Waals surface area (Å²) in [6, 6.07) is 0.134. The summed E-state index contributed by atoms with van der Waals surface area (Å²) in [5.74, 6) is 0. The van der Waals surface area contributed by atoms with Crippen LogP contribution in [0, 0.1) is 5.41 Å². The van der Waals surface area contributed by atoms with Gasteiger partial charge in [-0.3, -0.25) is 0 Å². The molecule has 1 amide bonds. The highest BCUT2D eigenvalue weighted by molar-refractivity contribution is 5.68. The number of nitrogens with zero attached hydrogens (tertiary/aromatic N) is 1. The molecular weight excluding hydrogens is 288 g/mol. The number of hydrogen-bond donors (Lipinski definition) is 1. The molecule has 1 atom stereocenters. The van der Waals surface area contributed by atoms with E-state index in [1.807, 2.05) is 25.7 Å². The van der Waals surface area contributed by atoms with Crippen molar-refractivity contribution in [2.75, 3.05) is 13.1 Å². The van der Waals surface area contributed by atoms with Crippen molar-refractivity contribution in [3.63, 3.8) is 0 Å². The lowest BCUT2D eigenvalue weighted by atomic mass is 9.71. The van der Waals surface area contributed by atoms with Gasteiger partial charge >= 0.3 is 6.09 Å². The van der Waals surface area contributed by atoms with Crippen molar-refractivity contribution in [2.24, 2.45) is 11.1 Å². The van der Waals surface area contributed by atoms with E-state index in [0.29, 0.717) is 0 Å². The number of amides is 1. The number of carbonyl (C=O) groups excluding carboxylic acids is 1. The van der Waals surface area contributed by atoms with E-state index in [1.54, 1.807) is 0 Å². The van der Waals surface area contributed by atoms with Gasteiger partial charge in [-0.1, -0.05) is 29.9 Å². The van der Waals surface area contributed by atoms with E-state index >= 15 is 0 Å². The Morgan fingerprint density at radius 3 is 2.65 bits per heavy atom. The number of allylic oxidation sites excluding steroid dienone is 4. The molecule has 1 fully saturated rings. The van der Waals surface area contributed by atoms with Crippen LogP contribution in [-0.2, 0) is 4.74 Å². The molecular formula is C19H28N2O2. The second-order valence-electron chi connectivity index (χ2n) is 7.98. The van der Waals surface area contributed by atoms with Crippen molar-refractivity contribution >= 4 is 6.09 Å². The van der Waals surface area contributed by atoms with E-state index in [2.05, 4.69) is 24.3 Å². The lowest BCUT2D eigenvalue weighted by Crippen LogP contribution is -2.45. The second-order valence-corrected chi connectivity index (χ2v) is 7.98. The smallest absolute Gasteiger partial charge is 0.410 e. The predicted octanol–water partition coefficient (Wildman–Crippen LogP) is 3.55. The largest absolute Gasteiger partial charge is 0.444 e. The molecule has 4 heteroatoms. The van der Waals surface area contributed by atoms with Crippen molar-refractivity contribution in [3.8, 4) is 0 Å². The Labute approximate surface area is 139 Å². The third-order valence-electron chi connectivity index (χ3n) is 5.22. The number of piperidine rings is 1. The average Bonchev–Trinajstić information content (AvgIpc) is 2.65. The zero-order chi connectivity index (χ0) is 16.7. The van der Waals surface area contributed by atoms with E-state index in [1.165, 1.54) is 11.1 Å². The standard InChI is InChI=1S/C19H28N2O2/c1-18(2,3)23-17(22)21-11-9-19(10-12-21)13-16(20)14-7-5-4-6-8-15(14)19/h4-7,16H,8-13,20H2,1-3H3. The van der Waals surface area contributed by atoms with Gasteiger partial charge in [0, 0.05) is 19.1 Å². The van der Waals surface area contributed by atoms with Crippen LogP contribution >= 0.6 is 0 Å². The van der Waals surface area contributed by atoms with E-state index in [0.717, 1.165) is 38.8 Å². The molecule has 4 nitrogen and oxygen atoms in total. The Morgan fingerprint density at radius 2 is 2.00 bits per heavy atom. The lowest BCUT2D eigenvalue weighted by molar-refractivity contribution is 0.0132. The maximum Gasteiger partial charge on any atom is 0.410 e. The van der Waals surface area contributed by atoms with Crippen molar-refractivity contribution in [2.45, 2.75) is 58.1 Å². The van der Waals surface area contributed by atoms with Crippen LogP contribution in [0.3, 0.4) is 0 Å².